The van der Waals surface area contributed by atoms with Crippen molar-refractivity contribution in [3.63, 3.8) is 0 Å². The molecule has 0 aromatic carbocycles. The number of hydrogen-bond acceptors (Lipinski definition) is 3. The predicted molar refractivity (Wildman–Crippen MR) is 65.9 cm³/mol. The van der Waals surface area contributed by atoms with Crippen molar-refractivity contribution in [2.24, 2.45) is 0 Å². The number of Topliss-reactive ketones (excluding diaryl/α,β-unsaturated/α-hetero) is 1. The summed E-state index contributed by atoms with van der Waals surface area (Å²) in [5.41, 5.74) is -1.15. The van der Waals surface area contributed by atoms with Crippen LogP contribution >= 0.6 is 0 Å². The van der Waals surface area contributed by atoms with Crippen LogP contribution in [0.2, 0.25) is 0 Å². The Morgan fingerprint density at radius 1 is 1.20 bits per heavy atom. The second-order valence-corrected chi connectivity index (χ2v) is 5.61. The van der Waals surface area contributed by atoms with Crippen LogP contribution in [0.25, 0.3) is 0 Å². The van der Waals surface area contributed by atoms with Gasteiger partial charge in [0, 0.05) is 18.3 Å². The Hall–Kier alpha value is -1.53. The Kier molecular flexibility index (Phi) is 4.83. The summed E-state index contributed by atoms with van der Waals surface area (Å²) in [4.78, 5) is 24.1. The molecule has 0 N–H and O–H groups in total. The highest BCUT2D eigenvalue weighted by Gasteiger charge is 2.41. The molecule has 0 aliphatic carbocycles. The van der Waals surface area contributed by atoms with Crippen molar-refractivity contribution in [1.82, 2.24) is 4.90 Å². The number of amides is 1. The first-order valence-electron chi connectivity index (χ1n) is 6.32. The fraction of sp³-hybridized carbons (Fsp3) is 0.692. The van der Waals surface area contributed by atoms with Crippen LogP contribution in [0.4, 0.5) is 18.0 Å². The number of hydrogen-bond donors (Lipinski definition) is 0. The molecule has 4 nitrogen and oxygen atoms in total. The van der Waals surface area contributed by atoms with Gasteiger partial charge in [0.15, 0.2) is 0 Å². The number of ether oxygens (including phenoxy) is 1. The zero-order valence-electron chi connectivity index (χ0n) is 11.7. The number of ketones is 1. The Bertz CT molecular complexity index is 422. The number of alkyl halides is 3. The van der Waals surface area contributed by atoms with Gasteiger partial charge in [0.25, 0.3) is 5.78 Å². The molecule has 0 atom stereocenters. The van der Waals surface area contributed by atoms with Crippen LogP contribution in [0.1, 0.15) is 40.0 Å². The molecule has 1 rings (SSSR count). The van der Waals surface area contributed by atoms with Crippen LogP contribution < -0.4 is 0 Å². The van der Waals surface area contributed by atoms with E-state index in [1.54, 1.807) is 20.8 Å². The molecule has 1 aliphatic rings. The highest BCUT2D eigenvalue weighted by molar-refractivity contribution is 5.99. The molecule has 114 valence electrons. The second kappa shape index (κ2) is 5.85. The molecule has 0 saturated carbocycles. The van der Waals surface area contributed by atoms with Crippen molar-refractivity contribution in [3.05, 3.63) is 11.8 Å². The molecule has 0 aromatic heterocycles. The summed E-state index contributed by atoms with van der Waals surface area (Å²) in [6.07, 6.45) is -3.74. The molecule has 1 aliphatic heterocycles. The summed E-state index contributed by atoms with van der Waals surface area (Å²) >= 11 is 0. The molecule has 0 bridgehead atoms. The van der Waals surface area contributed by atoms with E-state index in [0.29, 0.717) is 12.8 Å². The van der Waals surface area contributed by atoms with Crippen LogP contribution in [0.5, 0.6) is 0 Å². The second-order valence-electron chi connectivity index (χ2n) is 5.61. The molecule has 1 amide bonds. The number of nitrogens with zero attached hydrogens (tertiary/aromatic N) is 1. The van der Waals surface area contributed by atoms with Gasteiger partial charge in [-0.05, 0) is 40.0 Å². The minimum Gasteiger partial charge on any atom is -0.443 e. The molecule has 0 spiro atoms. The maximum absolute atomic E-state index is 12.4. The van der Waals surface area contributed by atoms with E-state index in [-0.39, 0.29) is 13.0 Å². The molecule has 20 heavy (non-hydrogen) atoms. The zero-order chi connectivity index (χ0) is 15.6. The van der Waals surface area contributed by atoms with E-state index >= 15 is 0 Å². The zero-order valence-corrected chi connectivity index (χ0v) is 11.7. The molecule has 0 fully saturated rings. The van der Waals surface area contributed by atoms with Crippen molar-refractivity contribution < 1.29 is 27.5 Å². The maximum Gasteiger partial charge on any atom is 0.454 e. The van der Waals surface area contributed by atoms with Gasteiger partial charge in [-0.25, -0.2) is 4.79 Å². The highest BCUT2D eigenvalue weighted by Crippen LogP contribution is 2.26. The average molecular weight is 293 g/mol. The van der Waals surface area contributed by atoms with Gasteiger partial charge in [-0.1, -0.05) is 0 Å². The third kappa shape index (κ3) is 4.86. The van der Waals surface area contributed by atoms with Crippen LogP contribution in [0.15, 0.2) is 11.8 Å². The van der Waals surface area contributed by atoms with Crippen molar-refractivity contribution in [1.29, 1.82) is 0 Å². The van der Waals surface area contributed by atoms with Crippen LogP contribution in [0, 0.1) is 0 Å². The number of allylic oxidation sites excluding steroid dienone is 1. The fourth-order valence-corrected chi connectivity index (χ4v) is 1.73. The first-order chi connectivity index (χ1) is 9.00. The number of halogens is 3. The Balaban J connectivity index is 2.91. The first kappa shape index (κ1) is 16.5. The van der Waals surface area contributed by atoms with Gasteiger partial charge in [-0.15, -0.1) is 0 Å². The van der Waals surface area contributed by atoms with Crippen LogP contribution in [0.3, 0.4) is 0 Å². The molecule has 0 aromatic rings. The van der Waals surface area contributed by atoms with Gasteiger partial charge in [-0.2, -0.15) is 13.2 Å². The smallest absolute Gasteiger partial charge is 0.443 e. The molecule has 0 unspecified atom stereocenters. The van der Waals surface area contributed by atoms with Crippen molar-refractivity contribution in [2.45, 2.75) is 51.8 Å². The monoisotopic (exact) mass is 293 g/mol. The minimum absolute atomic E-state index is 0.0115. The molecule has 0 saturated heterocycles. The third-order valence-corrected chi connectivity index (χ3v) is 2.58. The van der Waals surface area contributed by atoms with E-state index in [2.05, 4.69) is 0 Å². The standard InChI is InChI=1S/C13H18F3NO3/c1-12(2,3)20-11(19)17-7-5-4-6-9(8-17)10(18)13(14,15)16/h8H,4-7H2,1-3H3. The summed E-state index contributed by atoms with van der Waals surface area (Å²) in [5, 5.41) is 0. The van der Waals surface area contributed by atoms with E-state index < -0.39 is 29.2 Å². The SMILES string of the molecule is CC(C)(C)OC(=O)N1C=C(C(=O)C(F)(F)F)CCCC1. The Morgan fingerprint density at radius 3 is 2.30 bits per heavy atom. The van der Waals surface area contributed by atoms with E-state index in [4.69, 9.17) is 4.74 Å². The van der Waals surface area contributed by atoms with Gasteiger partial charge in [0.05, 0.1) is 0 Å². The summed E-state index contributed by atoms with van der Waals surface area (Å²) in [5.74, 6) is -1.90. The van der Waals surface area contributed by atoms with Crippen LogP contribution in [-0.2, 0) is 9.53 Å². The topological polar surface area (TPSA) is 46.6 Å². The van der Waals surface area contributed by atoms with Gasteiger partial charge in [0.2, 0.25) is 0 Å². The van der Waals surface area contributed by atoms with Crippen molar-refractivity contribution >= 4 is 11.9 Å². The lowest BCUT2D eigenvalue weighted by atomic mass is 10.1. The lowest BCUT2D eigenvalue weighted by Gasteiger charge is -2.24. The lowest BCUT2D eigenvalue weighted by Crippen LogP contribution is -2.34. The normalized spacial score (nSPS) is 17.3. The fourth-order valence-electron chi connectivity index (χ4n) is 1.73. The number of carbonyl (C=O) groups is 2. The molecule has 7 heteroatoms. The number of carbonyl (C=O) groups excluding carboxylic acids is 2. The summed E-state index contributed by atoms with van der Waals surface area (Å²) in [6, 6.07) is 0. The van der Waals surface area contributed by atoms with Gasteiger partial charge in [0.1, 0.15) is 5.60 Å². The van der Waals surface area contributed by atoms with E-state index in [0.717, 1.165) is 11.1 Å². The highest BCUT2D eigenvalue weighted by atomic mass is 19.4. The van der Waals surface area contributed by atoms with Crippen molar-refractivity contribution in [3.8, 4) is 0 Å². The molecule has 1 heterocycles. The number of rotatable bonds is 1. The first-order valence-corrected chi connectivity index (χ1v) is 6.32. The summed E-state index contributed by atoms with van der Waals surface area (Å²) < 4.78 is 42.4. The van der Waals surface area contributed by atoms with Crippen molar-refractivity contribution in [2.75, 3.05) is 6.54 Å². The Labute approximate surface area is 115 Å². The van der Waals surface area contributed by atoms with Gasteiger partial charge in [-0.3, -0.25) is 9.69 Å². The van der Waals surface area contributed by atoms with E-state index in [1.165, 1.54) is 0 Å². The van der Waals surface area contributed by atoms with E-state index in [1.807, 2.05) is 0 Å². The predicted octanol–water partition coefficient (Wildman–Crippen LogP) is 3.42. The largest absolute Gasteiger partial charge is 0.454 e. The molecular weight excluding hydrogens is 275 g/mol. The lowest BCUT2D eigenvalue weighted by molar-refractivity contribution is -0.166. The minimum atomic E-state index is -4.92. The third-order valence-electron chi connectivity index (χ3n) is 2.58. The molecule has 0 radical (unpaired) electrons. The van der Waals surface area contributed by atoms with E-state index in [9.17, 15) is 22.8 Å². The average Bonchev–Trinajstić information content (AvgIpc) is 2.49. The van der Waals surface area contributed by atoms with Crippen LogP contribution in [-0.4, -0.2) is 35.1 Å². The Morgan fingerprint density at radius 2 is 1.80 bits per heavy atom. The van der Waals surface area contributed by atoms with Gasteiger partial charge >= 0.3 is 12.3 Å². The maximum atomic E-state index is 12.4. The summed E-state index contributed by atoms with van der Waals surface area (Å²) in [6.45, 7) is 5.22. The molecular formula is C13H18F3NO3. The quantitative estimate of drug-likeness (QED) is 0.744. The summed E-state index contributed by atoms with van der Waals surface area (Å²) in [7, 11) is 0. The van der Waals surface area contributed by atoms with Gasteiger partial charge < -0.3 is 4.74 Å².